The molecule has 2 aromatic heterocycles. The lowest BCUT2D eigenvalue weighted by Crippen LogP contribution is -1.98. The van der Waals surface area contributed by atoms with Gasteiger partial charge >= 0.3 is 0 Å². The Bertz CT molecular complexity index is 1370. The number of hydrogen-bond acceptors (Lipinski definition) is 0. The summed E-state index contributed by atoms with van der Waals surface area (Å²) in [6.45, 7) is 6.42. The lowest BCUT2D eigenvalue weighted by atomic mass is 10.1. The third-order valence-electron chi connectivity index (χ3n) is 5.20. The van der Waals surface area contributed by atoms with Crippen molar-refractivity contribution in [2.75, 3.05) is 0 Å². The van der Waals surface area contributed by atoms with Crippen LogP contribution in [0.3, 0.4) is 0 Å². The molecule has 0 N–H and O–H groups in total. The van der Waals surface area contributed by atoms with E-state index in [0.717, 1.165) is 20.8 Å². The fourth-order valence-electron chi connectivity index (χ4n) is 4.18. The molecule has 0 spiro atoms. The summed E-state index contributed by atoms with van der Waals surface area (Å²) in [5.74, 6) is 0. The van der Waals surface area contributed by atoms with Crippen LogP contribution in [-0.4, -0.2) is 8.97 Å². The number of rotatable bonds is 1. The van der Waals surface area contributed by atoms with Gasteiger partial charge in [-0.1, -0.05) is 35.9 Å². The van der Waals surface area contributed by atoms with Crippen molar-refractivity contribution in [1.29, 1.82) is 0 Å². The lowest BCUT2D eigenvalue weighted by molar-refractivity contribution is 1.13. The third kappa shape index (κ3) is 2.38. The molecular weight excluding hydrogens is 420 g/mol. The number of nitrogens with zero attached hydrogens (tertiary/aromatic N) is 2. The van der Waals surface area contributed by atoms with Gasteiger partial charge in [-0.3, -0.25) is 8.97 Å². The SMILES string of the molecule is Cc1cc(Br)c(Cl)c(-n2c3c(C)cc(C)cc3n3c4ccccc4cc23)c1. The van der Waals surface area contributed by atoms with Gasteiger partial charge in [-0.25, -0.2) is 0 Å². The van der Waals surface area contributed by atoms with E-state index >= 15 is 0 Å². The molecule has 0 aliphatic heterocycles. The summed E-state index contributed by atoms with van der Waals surface area (Å²) in [4.78, 5) is 0. The zero-order chi connectivity index (χ0) is 18.9. The highest BCUT2D eigenvalue weighted by Gasteiger charge is 2.20. The van der Waals surface area contributed by atoms with Gasteiger partial charge in [0.25, 0.3) is 0 Å². The van der Waals surface area contributed by atoms with Crippen LogP contribution in [0.2, 0.25) is 5.02 Å². The van der Waals surface area contributed by atoms with Gasteiger partial charge in [-0.2, -0.15) is 0 Å². The molecule has 0 bridgehead atoms. The molecule has 0 aliphatic carbocycles. The minimum Gasteiger partial charge on any atom is -0.293 e. The fraction of sp³-hybridized carbons (Fsp3) is 0.130. The second-order valence-electron chi connectivity index (χ2n) is 7.26. The fourth-order valence-corrected chi connectivity index (χ4v) is 4.94. The Labute approximate surface area is 171 Å². The normalized spacial score (nSPS) is 11.9. The van der Waals surface area contributed by atoms with Gasteiger partial charge in [-0.15, -0.1) is 0 Å². The number of hydrogen-bond donors (Lipinski definition) is 0. The third-order valence-corrected chi connectivity index (χ3v) is 6.45. The zero-order valence-corrected chi connectivity index (χ0v) is 17.7. The predicted octanol–water partition coefficient (Wildman–Crippen LogP) is 7.38. The molecule has 5 rings (SSSR count). The van der Waals surface area contributed by atoms with Crippen LogP contribution in [0, 0.1) is 20.8 Å². The molecule has 0 saturated heterocycles. The van der Waals surface area contributed by atoms with Gasteiger partial charge in [0.15, 0.2) is 0 Å². The molecule has 2 heterocycles. The van der Waals surface area contributed by atoms with E-state index in [0.29, 0.717) is 0 Å². The lowest BCUT2D eigenvalue weighted by Gasteiger charge is -2.12. The standard InChI is InChI=1S/C23H18BrClN2/c1-13-8-15(3)23-20(11-13)26-18-7-5-4-6-16(18)12-21(26)27(23)19-10-14(2)9-17(24)22(19)25/h4-12H,1-3H3. The number of fused-ring (bicyclic) bond motifs is 5. The molecule has 0 unspecified atom stereocenters. The summed E-state index contributed by atoms with van der Waals surface area (Å²) in [6, 6.07) is 19.5. The summed E-state index contributed by atoms with van der Waals surface area (Å²) >= 11 is 10.4. The van der Waals surface area contributed by atoms with Crippen molar-refractivity contribution in [2.24, 2.45) is 0 Å². The first-order chi connectivity index (χ1) is 13.0. The molecule has 27 heavy (non-hydrogen) atoms. The van der Waals surface area contributed by atoms with Crippen molar-refractivity contribution in [2.45, 2.75) is 20.8 Å². The molecule has 2 nitrogen and oxygen atoms in total. The Morgan fingerprint density at radius 3 is 2.41 bits per heavy atom. The van der Waals surface area contributed by atoms with Gasteiger partial charge in [-0.05, 0) is 83.7 Å². The van der Waals surface area contributed by atoms with Crippen LogP contribution < -0.4 is 0 Å². The van der Waals surface area contributed by atoms with Crippen LogP contribution in [0.25, 0.3) is 33.3 Å². The van der Waals surface area contributed by atoms with Crippen LogP contribution in [0.4, 0.5) is 0 Å². The average Bonchev–Trinajstić information content (AvgIpc) is 3.13. The minimum absolute atomic E-state index is 0.727. The molecule has 5 aromatic rings. The first kappa shape index (κ1) is 16.9. The minimum atomic E-state index is 0.727. The quantitative estimate of drug-likeness (QED) is 0.259. The molecule has 134 valence electrons. The van der Waals surface area contributed by atoms with E-state index in [1.807, 2.05) is 0 Å². The van der Waals surface area contributed by atoms with Gasteiger partial charge in [0.1, 0.15) is 5.65 Å². The van der Waals surface area contributed by atoms with E-state index in [1.165, 1.54) is 38.6 Å². The second kappa shape index (κ2) is 5.88. The van der Waals surface area contributed by atoms with E-state index in [9.17, 15) is 0 Å². The highest BCUT2D eigenvalue weighted by Crippen LogP contribution is 2.38. The first-order valence-corrected chi connectivity index (χ1v) is 10.1. The highest BCUT2D eigenvalue weighted by atomic mass is 79.9. The summed E-state index contributed by atoms with van der Waals surface area (Å²) in [6.07, 6.45) is 0. The van der Waals surface area contributed by atoms with Crippen molar-refractivity contribution < 1.29 is 0 Å². The van der Waals surface area contributed by atoms with Crippen molar-refractivity contribution >= 4 is 55.1 Å². The molecule has 0 atom stereocenters. The molecular formula is C23H18BrClN2. The Morgan fingerprint density at radius 1 is 0.852 bits per heavy atom. The summed E-state index contributed by atoms with van der Waals surface area (Å²) in [5.41, 5.74) is 9.40. The predicted molar refractivity (Wildman–Crippen MR) is 119 cm³/mol. The topological polar surface area (TPSA) is 9.34 Å². The Balaban J connectivity index is 2.08. The molecule has 0 radical (unpaired) electrons. The summed E-state index contributed by atoms with van der Waals surface area (Å²) in [7, 11) is 0. The highest BCUT2D eigenvalue weighted by molar-refractivity contribution is 9.10. The zero-order valence-electron chi connectivity index (χ0n) is 15.3. The molecule has 3 aromatic carbocycles. The maximum Gasteiger partial charge on any atom is 0.123 e. The first-order valence-electron chi connectivity index (χ1n) is 8.93. The van der Waals surface area contributed by atoms with E-state index < -0.39 is 0 Å². The summed E-state index contributed by atoms with van der Waals surface area (Å²) < 4.78 is 5.56. The van der Waals surface area contributed by atoms with Crippen LogP contribution in [0.15, 0.2) is 59.1 Å². The Kier molecular flexibility index (Phi) is 3.68. The number of benzene rings is 3. The van der Waals surface area contributed by atoms with Crippen LogP contribution in [-0.2, 0) is 0 Å². The van der Waals surface area contributed by atoms with Gasteiger partial charge < -0.3 is 0 Å². The Morgan fingerprint density at radius 2 is 1.59 bits per heavy atom. The largest absolute Gasteiger partial charge is 0.293 e. The van der Waals surface area contributed by atoms with E-state index in [4.69, 9.17) is 11.6 Å². The number of aryl methyl sites for hydroxylation is 3. The Hall–Kier alpha value is -2.23. The monoisotopic (exact) mass is 436 g/mol. The van der Waals surface area contributed by atoms with Gasteiger partial charge in [0.05, 0.1) is 27.3 Å². The van der Waals surface area contributed by atoms with Crippen LogP contribution in [0.1, 0.15) is 16.7 Å². The molecule has 0 aliphatic rings. The van der Waals surface area contributed by atoms with Crippen molar-refractivity contribution in [3.63, 3.8) is 0 Å². The van der Waals surface area contributed by atoms with Crippen molar-refractivity contribution in [1.82, 2.24) is 8.97 Å². The number of halogens is 2. The number of imidazole rings is 1. The smallest absolute Gasteiger partial charge is 0.123 e. The second-order valence-corrected chi connectivity index (χ2v) is 8.49. The maximum atomic E-state index is 6.76. The van der Waals surface area contributed by atoms with E-state index in [-0.39, 0.29) is 0 Å². The molecule has 4 heteroatoms. The van der Waals surface area contributed by atoms with Crippen LogP contribution in [0.5, 0.6) is 0 Å². The number of aromatic nitrogens is 2. The van der Waals surface area contributed by atoms with Crippen LogP contribution >= 0.6 is 27.5 Å². The molecule has 0 fully saturated rings. The molecule has 0 amide bonds. The van der Waals surface area contributed by atoms with E-state index in [1.54, 1.807) is 0 Å². The number of para-hydroxylation sites is 1. The molecule has 0 saturated carbocycles. The van der Waals surface area contributed by atoms with Crippen molar-refractivity contribution in [3.05, 3.63) is 80.8 Å². The summed E-state index contributed by atoms with van der Waals surface area (Å²) in [5, 5.41) is 1.95. The van der Waals surface area contributed by atoms with E-state index in [2.05, 4.69) is 100 Å². The van der Waals surface area contributed by atoms with Gasteiger partial charge in [0, 0.05) is 9.86 Å². The average molecular weight is 438 g/mol. The van der Waals surface area contributed by atoms with Crippen molar-refractivity contribution in [3.8, 4) is 5.69 Å². The maximum absolute atomic E-state index is 6.76. The van der Waals surface area contributed by atoms with Gasteiger partial charge in [0.2, 0.25) is 0 Å².